The second-order valence-electron chi connectivity index (χ2n) is 5.56. The summed E-state index contributed by atoms with van der Waals surface area (Å²) < 4.78 is 11.2. The van der Waals surface area contributed by atoms with E-state index in [2.05, 4.69) is 5.18 Å². The molecule has 3 rings (SSSR count). The van der Waals surface area contributed by atoms with E-state index in [1.54, 1.807) is 12.1 Å². The zero-order valence-electron chi connectivity index (χ0n) is 12.6. The van der Waals surface area contributed by atoms with Crippen molar-refractivity contribution in [1.82, 2.24) is 0 Å². The van der Waals surface area contributed by atoms with Gasteiger partial charge >= 0.3 is 5.97 Å². The molecule has 1 aliphatic carbocycles. The zero-order valence-corrected chi connectivity index (χ0v) is 12.6. The third kappa shape index (κ3) is 4.02. The Bertz CT molecular complexity index is 663. The molecular weight excluding hydrogens is 294 g/mol. The third-order valence-electron chi connectivity index (χ3n) is 3.86. The first-order valence-corrected chi connectivity index (χ1v) is 7.54. The minimum absolute atomic E-state index is 0.104. The van der Waals surface area contributed by atoms with E-state index in [0.717, 1.165) is 5.56 Å². The summed E-state index contributed by atoms with van der Waals surface area (Å²) in [5.74, 6) is -0.381. The van der Waals surface area contributed by atoms with Gasteiger partial charge in [0.1, 0.15) is 11.8 Å². The molecule has 5 heteroatoms. The summed E-state index contributed by atoms with van der Waals surface area (Å²) in [6.45, 7) is 0.576. The summed E-state index contributed by atoms with van der Waals surface area (Å²) in [6, 6.07) is 16.1. The molecule has 0 aromatic heterocycles. The van der Waals surface area contributed by atoms with Gasteiger partial charge in [-0.1, -0.05) is 30.3 Å². The molecule has 0 atom stereocenters. The second kappa shape index (κ2) is 7.15. The lowest BCUT2D eigenvalue weighted by atomic mass is 9.92. The predicted molar refractivity (Wildman–Crippen MR) is 85.4 cm³/mol. The molecule has 0 saturated heterocycles. The van der Waals surface area contributed by atoms with Gasteiger partial charge in [-0.15, -0.1) is 4.91 Å². The molecule has 2 aromatic carbocycles. The summed E-state index contributed by atoms with van der Waals surface area (Å²) in [4.78, 5) is 22.3. The van der Waals surface area contributed by atoms with Crippen LogP contribution in [0.15, 0.2) is 59.8 Å². The Labute approximate surface area is 134 Å². The van der Waals surface area contributed by atoms with Crippen molar-refractivity contribution in [2.75, 3.05) is 0 Å². The quantitative estimate of drug-likeness (QED) is 0.597. The van der Waals surface area contributed by atoms with Gasteiger partial charge in [0.15, 0.2) is 0 Å². The third-order valence-corrected chi connectivity index (χ3v) is 3.86. The standard InChI is InChI=1S/C18H17NO4/c20-18(14-6-8-15(19-21)9-7-14)23-17-10-16(11-17)22-12-13-4-2-1-3-5-13/h1-9,16-17H,10-12H2. The van der Waals surface area contributed by atoms with Gasteiger partial charge in [-0.2, -0.15) is 0 Å². The first-order valence-electron chi connectivity index (χ1n) is 7.54. The molecular formula is C18H17NO4. The van der Waals surface area contributed by atoms with Crippen LogP contribution in [0, 0.1) is 4.91 Å². The van der Waals surface area contributed by atoms with Gasteiger partial charge in [-0.3, -0.25) is 0 Å². The number of ether oxygens (including phenoxy) is 2. The molecule has 0 bridgehead atoms. The largest absolute Gasteiger partial charge is 0.459 e. The number of hydrogen-bond donors (Lipinski definition) is 0. The van der Waals surface area contributed by atoms with Crippen molar-refractivity contribution in [2.24, 2.45) is 5.18 Å². The number of carbonyl (C=O) groups excluding carboxylic acids is 1. The van der Waals surface area contributed by atoms with Crippen molar-refractivity contribution in [3.63, 3.8) is 0 Å². The molecule has 2 aromatic rings. The van der Waals surface area contributed by atoms with E-state index in [-0.39, 0.29) is 18.2 Å². The molecule has 1 saturated carbocycles. The van der Waals surface area contributed by atoms with Crippen LogP contribution in [0.5, 0.6) is 0 Å². The van der Waals surface area contributed by atoms with Gasteiger partial charge in [-0.05, 0) is 35.0 Å². The summed E-state index contributed by atoms with van der Waals surface area (Å²) in [5.41, 5.74) is 1.85. The smallest absolute Gasteiger partial charge is 0.338 e. The summed E-state index contributed by atoms with van der Waals surface area (Å²) in [7, 11) is 0. The molecule has 118 valence electrons. The van der Waals surface area contributed by atoms with E-state index in [0.29, 0.717) is 30.7 Å². The highest BCUT2D eigenvalue weighted by Gasteiger charge is 2.33. The van der Waals surface area contributed by atoms with Crippen LogP contribution in [0.2, 0.25) is 0 Å². The zero-order chi connectivity index (χ0) is 16.1. The number of rotatable bonds is 6. The van der Waals surface area contributed by atoms with Gasteiger partial charge in [0.2, 0.25) is 0 Å². The lowest BCUT2D eigenvalue weighted by Gasteiger charge is -2.34. The topological polar surface area (TPSA) is 65.0 Å². The molecule has 1 aliphatic rings. The SMILES string of the molecule is O=Nc1ccc(C(=O)OC2CC(OCc3ccccc3)C2)cc1. The fourth-order valence-corrected chi connectivity index (χ4v) is 2.42. The highest BCUT2D eigenvalue weighted by molar-refractivity contribution is 5.89. The van der Waals surface area contributed by atoms with Gasteiger partial charge in [0.25, 0.3) is 0 Å². The Balaban J connectivity index is 1.41. The molecule has 0 spiro atoms. The van der Waals surface area contributed by atoms with Crippen LogP contribution in [0.25, 0.3) is 0 Å². The second-order valence-corrected chi connectivity index (χ2v) is 5.56. The Morgan fingerprint density at radius 1 is 1.00 bits per heavy atom. The summed E-state index contributed by atoms with van der Waals surface area (Å²) >= 11 is 0. The monoisotopic (exact) mass is 311 g/mol. The molecule has 0 unspecified atom stereocenters. The van der Waals surface area contributed by atoms with Crippen molar-refractivity contribution in [3.8, 4) is 0 Å². The molecule has 5 nitrogen and oxygen atoms in total. The Kier molecular flexibility index (Phi) is 4.78. The first kappa shape index (κ1) is 15.4. The lowest BCUT2D eigenvalue weighted by molar-refractivity contribution is -0.0862. The maximum absolute atomic E-state index is 12.0. The summed E-state index contributed by atoms with van der Waals surface area (Å²) in [5, 5.41) is 2.80. The van der Waals surface area contributed by atoms with Crippen molar-refractivity contribution in [1.29, 1.82) is 0 Å². The molecule has 23 heavy (non-hydrogen) atoms. The normalized spacial score (nSPS) is 19.7. The Morgan fingerprint density at radius 3 is 2.35 bits per heavy atom. The van der Waals surface area contributed by atoms with Crippen LogP contribution in [0.4, 0.5) is 5.69 Å². The van der Waals surface area contributed by atoms with Crippen molar-refractivity contribution in [3.05, 3.63) is 70.6 Å². The van der Waals surface area contributed by atoms with Crippen LogP contribution < -0.4 is 0 Å². The number of nitroso groups, excluding NO2 is 1. The van der Waals surface area contributed by atoms with Gasteiger partial charge in [0, 0.05) is 12.8 Å². The average molecular weight is 311 g/mol. The minimum atomic E-state index is -0.381. The molecule has 0 aliphatic heterocycles. The predicted octanol–water partition coefficient (Wildman–Crippen LogP) is 3.99. The first-order chi connectivity index (χ1) is 11.2. The van der Waals surface area contributed by atoms with Crippen molar-refractivity contribution < 1.29 is 14.3 Å². The van der Waals surface area contributed by atoms with Crippen molar-refractivity contribution >= 4 is 11.7 Å². The number of benzene rings is 2. The molecule has 0 radical (unpaired) electrons. The maximum atomic E-state index is 12.0. The van der Waals surface area contributed by atoms with E-state index >= 15 is 0 Å². The highest BCUT2D eigenvalue weighted by atomic mass is 16.6. The fourth-order valence-electron chi connectivity index (χ4n) is 2.42. The van der Waals surface area contributed by atoms with E-state index in [1.165, 1.54) is 12.1 Å². The van der Waals surface area contributed by atoms with Gasteiger partial charge in [0.05, 0.1) is 18.3 Å². The van der Waals surface area contributed by atoms with Crippen LogP contribution in [0.3, 0.4) is 0 Å². The highest BCUT2D eigenvalue weighted by Crippen LogP contribution is 2.28. The number of carbonyl (C=O) groups is 1. The van der Waals surface area contributed by atoms with E-state index in [9.17, 15) is 9.70 Å². The van der Waals surface area contributed by atoms with Crippen LogP contribution in [-0.2, 0) is 16.1 Å². The van der Waals surface area contributed by atoms with Crippen LogP contribution in [-0.4, -0.2) is 18.2 Å². The summed E-state index contributed by atoms with van der Waals surface area (Å²) in [6.07, 6.45) is 1.46. The molecule has 0 amide bonds. The maximum Gasteiger partial charge on any atom is 0.338 e. The van der Waals surface area contributed by atoms with Gasteiger partial charge < -0.3 is 9.47 Å². The van der Waals surface area contributed by atoms with E-state index in [1.807, 2.05) is 30.3 Å². The van der Waals surface area contributed by atoms with Crippen molar-refractivity contribution in [2.45, 2.75) is 31.7 Å². The molecule has 0 heterocycles. The van der Waals surface area contributed by atoms with Crippen LogP contribution >= 0.6 is 0 Å². The molecule has 0 N–H and O–H groups in total. The minimum Gasteiger partial charge on any atom is -0.459 e. The lowest BCUT2D eigenvalue weighted by Crippen LogP contribution is -2.38. The van der Waals surface area contributed by atoms with Gasteiger partial charge in [-0.25, -0.2) is 4.79 Å². The Morgan fingerprint density at radius 2 is 1.70 bits per heavy atom. The van der Waals surface area contributed by atoms with E-state index in [4.69, 9.17) is 9.47 Å². The number of esters is 1. The fraction of sp³-hybridized carbons (Fsp3) is 0.278. The average Bonchev–Trinajstić information content (AvgIpc) is 2.57. The number of hydrogen-bond acceptors (Lipinski definition) is 5. The number of nitrogens with zero attached hydrogens (tertiary/aromatic N) is 1. The van der Waals surface area contributed by atoms with Crippen LogP contribution in [0.1, 0.15) is 28.8 Å². The Hall–Kier alpha value is -2.53. The van der Waals surface area contributed by atoms with E-state index < -0.39 is 0 Å². The molecule has 1 fully saturated rings.